The Hall–Kier alpha value is -3.01. The highest BCUT2D eigenvalue weighted by Gasteiger charge is 2.06. The van der Waals surface area contributed by atoms with Gasteiger partial charge in [-0.3, -0.25) is 5.01 Å². The molecule has 2 nitrogen and oxygen atoms in total. The van der Waals surface area contributed by atoms with Crippen LogP contribution in [-0.4, -0.2) is 6.21 Å². The lowest BCUT2D eigenvalue weighted by Gasteiger charge is -2.19. The predicted molar refractivity (Wildman–Crippen MR) is 93.0 cm³/mol. The molecule has 0 aromatic heterocycles. The van der Waals surface area contributed by atoms with Gasteiger partial charge in [-0.15, -0.1) is 0 Å². The molecule has 0 spiro atoms. The standard InChI is InChI=1S/C20H16F2N2/c21-19-12-11-17(13-20(19)22)14-23-24(18-9-5-2-6-10-18)15-16-7-3-1-4-8-16/h1-14H,15H2/b23-14-. The first-order valence-electron chi connectivity index (χ1n) is 7.58. The van der Waals surface area contributed by atoms with Crippen LogP contribution in [-0.2, 0) is 6.54 Å². The fourth-order valence-electron chi connectivity index (χ4n) is 2.28. The van der Waals surface area contributed by atoms with Crippen molar-refractivity contribution >= 4 is 11.9 Å². The van der Waals surface area contributed by atoms with Crippen LogP contribution in [0.4, 0.5) is 14.5 Å². The van der Waals surface area contributed by atoms with Gasteiger partial charge in [0.2, 0.25) is 0 Å². The first-order valence-corrected chi connectivity index (χ1v) is 7.58. The summed E-state index contributed by atoms with van der Waals surface area (Å²) in [5, 5.41) is 6.27. The van der Waals surface area contributed by atoms with E-state index in [1.54, 1.807) is 0 Å². The van der Waals surface area contributed by atoms with Gasteiger partial charge in [-0.25, -0.2) is 8.78 Å². The van der Waals surface area contributed by atoms with E-state index in [0.29, 0.717) is 12.1 Å². The van der Waals surface area contributed by atoms with E-state index in [1.807, 2.05) is 65.7 Å². The lowest BCUT2D eigenvalue weighted by atomic mass is 10.2. The first kappa shape index (κ1) is 15.9. The van der Waals surface area contributed by atoms with Crippen molar-refractivity contribution in [2.45, 2.75) is 6.54 Å². The molecule has 0 saturated heterocycles. The SMILES string of the molecule is Fc1ccc(/C=N\N(Cc2ccccc2)c2ccccc2)cc1F. The smallest absolute Gasteiger partial charge is 0.159 e. The summed E-state index contributed by atoms with van der Waals surface area (Å²) in [6, 6.07) is 23.3. The van der Waals surface area contributed by atoms with E-state index in [0.717, 1.165) is 23.4 Å². The number of halogens is 2. The van der Waals surface area contributed by atoms with Gasteiger partial charge in [-0.2, -0.15) is 5.10 Å². The first-order chi connectivity index (χ1) is 11.7. The lowest BCUT2D eigenvalue weighted by molar-refractivity contribution is 0.508. The fraction of sp³-hybridized carbons (Fsp3) is 0.0500. The van der Waals surface area contributed by atoms with Gasteiger partial charge in [0.05, 0.1) is 18.4 Å². The molecule has 0 atom stereocenters. The topological polar surface area (TPSA) is 15.6 Å². The molecular formula is C20H16F2N2. The number of hydrazone groups is 1. The van der Waals surface area contributed by atoms with Crippen molar-refractivity contribution in [1.29, 1.82) is 0 Å². The molecule has 0 fully saturated rings. The summed E-state index contributed by atoms with van der Waals surface area (Å²) >= 11 is 0. The molecule has 0 aliphatic carbocycles. The molecule has 0 N–H and O–H groups in total. The molecule has 3 rings (SSSR count). The maximum atomic E-state index is 13.3. The molecule has 0 heterocycles. The molecule has 3 aromatic rings. The highest BCUT2D eigenvalue weighted by molar-refractivity contribution is 5.80. The fourth-order valence-corrected chi connectivity index (χ4v) is 2.28. The van der Waals surface area contributed by atoms with Crippen LogP contribution in [0.3, 0.4) is 0 Å². The lowest BCUT2D eigenvalue weighted by Crippen LogP contribution is -2.16. The van der Waals surface area contributed by atoms with Crippen LogP contribution in [0.5, 0.6) is 0 Å². The zero-order valence-corrected chi connectivity index (χ0v) is 12.9. The highest BCUT2D eigenvalue weighted by atomic mass is 19.2. The normalized spacial score (nSPS) is 10.9. The van der Waals surface area contributed by atoms with Gasteiger partial charge in [0, 0.05) is 0 Å². The van der Waals surface area contributed by atoms with Gasteiger partial charge >= 0.3 is 0 Å². The van der Waals surface area contributed by atoms with Gasteiger partial charge in [-0.05, 0) is 35.4 Å². The van der Waals surface area contributed by atoms with Crippen LogP contribution < -0.4 is 5.01 Å². The van der Waals surface area contributed by atoms with Gasteiger partial charge < -0.3 is 0 Å². The summed E-state index contributed by atoms with van der Waals surface area (Å²) in [7, 11) is 0. The second kappa shape index (κ2) is 7.51. The summed E-state index contributed by atoms with van der Waals surface area (Å²) in [6.45, 7) is 0.574. The number of benzene rings is 3. The molecule has 24 heavy (non-hydrogen) atoms. The van der Waals surface area contributed by atoms with Crippen molar-refractivity contribution in [3.8, 4) is 0 Å². The second-order valence-electron chi connectivity index (χ2n) is 5.30. The Morgan fingerprint density at radius 1 is 0.792 bits per heavy atom. The van der Waals surface area contributed by atoms with E-state index in [1.165, 1.54) is 12.3 Å². The summed E-state index contributed by atoms with van der Waals surface area (Å²) < 4.78 is 26.3. The number of para-hydroxylation sites is 1. The molecular weight excluding hydrogens is 306 g/mol. The number of anilines is 1. The number of hydrogen-bond acceptors (Lipinski definition) is 2. The second-order valence-corrected chi connectivity index (χ2v) is 5.30. The van der Waals surface area contributed by atoms with E-state index in [2.05, 4.69) is 5.10 Å². The summed E-state index contributed by atoms with van der Waals surface area (Å²) in [5.74, 6) is -1.75. The summed E-state index contributed by atoms with van der Waals surface area (Å²) in [6.07, 6.45) is 1.53. The number of rotatable bonds is 5. The molecule has 0 aliphatic rings. The third kappa shape index (κ3) is 4.04. The Morgan fingerprint density at radius 3 is 2.12 bits per heavy atom. The molecule has 3 aromatic carbocycles. The molecule has 120 valence electrons. The molecule has 0 saturated carbocycles. The van der Waals surface area contributed by atoms with Crippen molar-refractivity contribution in [1.82, 2.24) is 0 Å². The van der Waals surface area contributed by atoms with E-state index >= 15 is 0 Å². The maximum Gasteiger partial charge on any atom is 0.159 e. The summed E-state index contributed by atoms with van der Waals surface area (Å²) in [4.78, 5) is 0. The Balaban J connectivity index is 1.86. The van der Waals surface area contributed by atoms with Crippen molar-refractivity contribution in [3.63, 3.8) is 0 Å². The molecule has 0 bridgehead atoms. The van der Waals surface area contributed by atoms with Crippen LogP contribution in [0.25, 0.3) is 0 Å². The zero-order valence-electron chi connectivity index (χ0n) is 12.9. The molecule has 0 aliphatic heterocycles. The zero-order chi connectivity index (χ0) is 16.8. The van der Waals surface area contributed by atoms with Gasteiger partial charge in [0.25, 0.3) is 0 Å². The van der Waals surface area contributed by atoms with Crippen molar-refractivity contribution < 1.29 is 8.78 Å². The third-order valence-electron chi connectivity index (χ3n) is 3.52. The minimum Gasteiger partial charge on any atom is -0.261 e. The van der Waals surface area contributed by atoms with Crippen LogP contribution in [0.2, 0.25) is 0 Å². The van der Waals surface area contributed by atoms with Crippen molar-refractivity contribution in [2.75, 3.05) is 5.01 Å². The van der Waals surface area contributed by atoms with Gasteiger partial charge in [0.1, 0.15) is 0 Å². The monoisotopic (exact) mass is 322 g/mol. The largest absolute Gasteiger partial charge is 0.261 e. The Bertz CT molecular complexity index is 818. The third-order valence-corrected chi connectivity index (χ3v) is 3.52. The Kier molecular flexibility index (Phi) is 4.96. The molecule has 0 amide bonds. The molecule has 0 unspecified atom stereocenters. The summed E-state index contributed by atoms with van der Waals surface area (Å²) in [5.41, 5.74) is 2.52. The maximum absolute atomic E-state index is 13.3. The van der Waals surface area contributed by atoms with E-state index < -0.39 is 11.6 Å². The highest BCUT2D eigenvalue weighted by Crippen LogP contribution is 2.17. The quantitative estimate of drug-likeness (QED) is 0.476. The van der Waals surface area contributed by atoms with Gasteiger partial charge in [-0.1, -0.05) is 54.6 Å². The van der Waals surface area contributed by atoms with Crippen molar-refractivity contribution in [2.24, 2.45) is 5.10 Å². The minimum atomic E-state index is -0.881. The van der Waals surface area contributed by atoms with E-state index in [-0.39, 0.29) is 0 Å². The Morgan fingerprint density at radius 2 is 1.46 bits per heavy atom. The predicted octanol–water partition coefficient (Wildman–Crippen LogP) is 5.01. The number of nitrogens with zero attached hydrogens (tertiary/aromatic N) is 2. The number of hydrogen-bond donors (Lipinski definition) is 0. The van der Waals surface area contributed by atoms with Crippen molar-refractivity contribution in [3.05, 3.63) is 102 Å². The molecule has 0 radical (unpaired) electrons. The van der Waals surface area contributed by atoms with Crippen LogP contribution in [0, 0.1) is 11.6 Å². The van der Waals surface area contributed by atoms with Crippen LogP contribution in [0.1, 0.15) is 11.1 Å². The minimum absolute atomic E-state index is 0.503. The van der Waals surface area contributed by atoms with Gasteiger partial charge in [0.15, 0.2) is 11.6 Å². The van der Waals surface area contributed by atoms with E-state index in [9.17, 15) is 8.78 Å². The average molecular weight is 322 g/mol. The Labute approximate surface area is 139 Å². The molecule has 4 heteroatoms. The van der Waals surface area contributed by atoms with Crippen LogP contribution >= 0.6 is 0 Å². The average Bonchev–Trinajstić information content (AvgIpc) is 2.63. The van der Waals surface area contributed by atoms with Crippen LogP contribution in [0.15, 0.2) is 84.0 Å². The van der Waals surface area contributed by atoms with E-state index in [4.69, 9.17) is 0 Å².